The second kappa shape index (κ2) is 8.67. The Morgan fingerprint density at radius 3 is 2.73 bits per heavy atom. The van der Waals surface area contributed by atoms with Gasteiger partial charge in [0.15, 0.2) is 6.61 Å². The highest BCUT2D eigenvalue weighted by molar-refractivity contribution is 5.85. The zero-order valence-corrected chi connectivity index (χ0v) is 13.0. The van der Waals surface area contributed by atoms with Gasteiger partial charge >= 0.3 is 5.97 Å². The molecule has 0 aliphatic rings. The molecule has 6 nitrogen and oxygen atoms in total. The highest BCUT2D eigenvalue weighted by atomic mass is 16.5. The maximum atomic E-state index is 11.9. The van der Waals surface area contributed by atoms with Crippen molar-refractivity contribution in [2.45, 2.75) is 26.3 Å². The molecular formula is C16H20N2O4. The molecule has 1 aromatic rings. The fourth-order valence-corrected chi connectivity index (χ4v) is 1.82. The number of nitrogens with one attached hydrogen (secondary N) is 1. The van der Waals surface area contributed by atoms with Crippen molar-refractivity contribution in [2.24, 2.45) is 5.92 Å². The third-order valence-corrected chi connectivity index (χ3v) is 3.32. The maximum Gasteiger partial charge on any atom is 0.328 e. The Kier molecular flexibility index (Phi) is 6.90. The van der Waals surface area contributed by atoms with E-state index in [4.69, 9.17) is 14.7 Å². The molecule has 0 fully saturated rings. The van der Waals surface area contributed by atoms with Crippen LogP contribution >= 0.6 is 0 Å². The highest BCUT2D eigenvalue weighted by Crippen LogP contribution is 2.13. The van der Waals surface area contributed by atoms with Crippen LogP contribution in [0.5, 0.6) is 5.75 Å². The third-order valence-electron chi connectivity index (χ3n) is 3.32. The molecular weight excluding hydrogens is 284 g/mol. The minimum Gasteiger partial charge on any atom is -0.484 e. The van der Waals surface area contributed by atoms with E-state index in [1.165, 1.54) is 7.11 Å². The molecule has 0 spiro atoms. The topological polar surface area (TPSA) is 88.4 Å². The lowest BCUT2D eigenvalue weighted by molar-refractivity contribution is -0.146. The van der Waals surface area contributed by atoms with Crippen LogP contribution in [-0.2, 0) is 14.3 Å². The summed E-state index contributed by atoms with van der Waals surface area (Å²) in [5.41, 5.74) is 0.449. The summed E-state index contributed by atoms with van der Waals surface area (Å²) in [4.78, 5) is 23.6. The largest absolute Gasteiger partial charge is 0.484 e. The molecule has 2 atom stereocenters. The van der Waals surface area contributed by atoms with Crippen LogP contribution in [0.15, 0.2) is 24.3 Å². The van der Waals surface area contributed by atoms with E-state index in [9.17, 15) is 9.59 Å². The van der Waals surface area contributed by atoms with Gasteiger partial charge in [0.05, 0.1) is 18.7 Å². The van der Waals surface area contributed by atoms with Crippen molar-refractivity contribution in [3.8, 4) is 11.8 Å². The second-order valence-corrected chi connectivity index (χ2v) is 4.88. The Labute approximate surface area is 130 Å². The molecule has 6 heteroatoms. The molecule has 0 bridgehead atoms. The predicted octanol–water partition coefficient (Wildman–Crippen LogP) is 1.64. The van der Waals surface area contributed by atoms with Gasteiger partial charge in [-0.2, -0.15) is 5.26 Å². The van der Waals surface area contributed by atoms with Crippen molar-refractivity contribution in [3.63, 3.8) is 0 Å². The van der Waals surface area contributed by atoms with Crippen molar-refractivity contribution in [2.75, 3.05) is 13.7 Å². The van der Waals surface area contributed by atoms with Gasteiger partial charge in [0.25, 0.3) is 5.91 Å². The molecule has 0 unspecified atom stereocenters. The van der Waals surface area contributed by atoms with E-state index >= 15 is 0 Å². The minimum atomic E-state index is -0.698. The number of methoxy groups -OCH3 is 1. The number of nitrogens with zero attached hydrogens (tertiary/aromatic N) is 1. The average molecular weight is 304 g/mol. The monoisotopic (exact) mass is 304 g/mol. The summed E-state index contributed by atoms with van der Waals surface area (Å²) in [6, 6.07) is 7.80. The maximum absolute atomic E-state index is 11.9. The molecule has 0 saturated carbocycles. The molecule has 1 rings (SSSR count). The third kappa shape index (κ3) is 5.09. The standard InChI is InChI=1S/C16H20N2O4/c1-4-11(2)15(16(20)21-3)18-14(19)10-22-13-7-5-6-12(8-13)9-17/h5-8,11,15H,4,10H2,1-3H3,(H,18,19)/t11-,15+/m0/s1. The Morgan fingerprint density at radius 2 is 2.14 bits per heavy atom. The lowest BCUT2D eigenvalue weighted by Gasteiger charge is -2.21. The summed E-state index contributed by atoms with van der Waals surface area (Å²) in [5, 5.41) is 11.4. The number of amides is 1. The number of carbonyl (C=O) groups excluding carboxylic acids is 2. The van der Waals surface area contributed by atoms with Crippen LogP contribution in [0.2, 0.25) is 0 Å². The van der Waals surface area contributed by atoms with Crippen LogP contribution in [0.1, 0.15) is 25.8 Å². The molecule has 1 amide bonds. The summed E-state index contributed by atoms with van der Waals surface area (Å²) in [5.74, 6) is -0.516. The van der Waals surface area contributed by atoms with Gasteiger partial charge in [0.2, 0.25) is 0 Å². The number of carbonyl (C=O) groups is 2. The Morgan fingerprint density at radius 1 is 1.41 bits per heavy atom. The molecule has 0 aliphatic heterocycles. The first-order valence-electron chi connectivity index (χ1n) is 7.02. The van der Waals surface area contributed by atoms with Gasteiger partial charge in [-0.15, -0.1) is 0 Å². The molecule has 0 heterocycles. The van der Waals surface area contributed by atoms with Crippen LogP contribution < -0.4 is 10.1 Å². The molecule has 0 radical (unpaired) electrons. The average Bonchev–Trinajstić information content (AvgIpc) is 2.56. The fourth-order valence-electron chi connectivity index (χ4n) is 1.82. The van der Waals surface area contributed by atoms with Gasteiger partial charge in [-0.05, 0) is 24.1 Å². The Hall–Kier alpha value is -2.55. The number of esters is 1. The molecule has 1 aromatic carbocycles. The summed E-state index contributed by atoms with van der Waals surface area (Å²) in [6.07, 6.45) is 0.727. The fraction of sp³-hybridized carbons (Fsp3) is 0.438. The summed E-state index contributed by atoms with van der Waals surface area (Å²) < 4.78 is 10.0. The molecule has 0 aliphatic carbocycles. The molecule has 1 N–H and O–H groups in total. The lowest BCUT2D eigenvalue weighted by Crippen LogP contribution is -2.47. The van der Waals surface area contributed by atoms with Crippen molar-refractivity contribution < 1.29 is 19.1 Å². The SMILES string of the molecule is CC[C@H](C)[C@@H](NC(=O)COc1cccc(C#N)c1)C(=O)OC. The summed E-state index contributed by atoms with van der Waals surface area (Å²) in [7, 11) is 1.29. The van der Waals surface area contributed by atoms with E-state index in [2.05, 4.69) is 5.32 Å². The number of nitriles is 1. The van der Waals surface area contributed by atoms with Gasteiger partial charge < -0.3 is 14.8 Å². The summed E-state index contributed by atoms with van der Waals surface area (Å²) >= 11 is 0. The van der Waals surface area contributed by atoms with Crippen molar-refractivity contribution in [1.29, 1.82) is 5.26 Å². The van der Waals surface area contributed by atoms with Crippen LogP contribution in [-0.4, -0.2) is 31.6 Å². The predicted molar refractivity (Wildman–Crippen MR) is 80.1 cm³/mol. The van der Waals surface area contributed by atoms with E-state index in [-0.39, 0.29) is 12.5 Å². The zero-order chi connectivity index (χ0) is 16.5. The normalized spacial score (nSPS) is 12.6. The first kappa shape index (κ1) is 17.5. The molecule has 118 valence electrons. The first-order chi connectivity index (χ1) is 10.5. The van der Waals surface area contributed by atoms with Crippen molar-refractivity contribution >= 4 is 11.9 Å². The number of rotatable bonds is 7. The second-order valence-electron chi connectivity index (χ2n) is 4.88. The van der Waals surface area contributed by atoms with Gasteiger partial charge in [0.1, 0.15) is 11.8 Å². The van der Waals surface area contributed by atoms with Gasteiger partial charge in [-0.3, -0.25) is 4.79 Å². The Balaban J connectivity index is 2.60. The first-order valence-corrected chi connectivity index (χ1v) is 7.02. The Bertz CT molecular complexity index is 566. The van der Waals surface area contributed by atoms with Crippen molar-refractivity contribution in [1.82, 2.24) is 5.32 Å². The van der Waals surface area contributed by atoms with E-state index in [1.54, 1.807) is 24.3 Å². The van der Waals surface area contributed by atoms with E-state index < -0.39 is 17.9 Å². The van der Waals surface area contributed by atoms with E-state index in [0.717, 1.165) is 6.42 Å². The van der Waals surface area contributed by atoms with Crippen molar-refractivity contribution in [3.05, 3.63) is 29.8 Å². The van der Waals surface area contributed by atoms with Crippen LogP contribution in [0.4, 0.5) is 0 Å². The number of ether oxygens (including phenoxy) is 2. The van der Waals surface area contributed by atoms with Gasteiger partial charge in [-0.1, -0.05) is 26.3 Å². The minimum absolute atomic E-state index is 0.0432. The summed E-state index contributed by atoms with van der Waals surface area (Å²) in [6.45, 7) is 3.55. The zero-order valence-electron chi connectivity index (χ0n) is 13.0. The van der Waals surface area contributed by atoms with Crippen LogP contribution in [0, 0.1) is 17.2 Å². The molecule has 0 aromatic heterocycles. The van der Waals surface area contributed by atoms with Gasteiger partial charge in [0, 0.05) is 0 Å². The molecule has 22 heavy (non-hydrogen) atoms. The molecule has 0 saturated heterocycles. The van der Waals surface area contributed by atoms with E-state index in [1.807, 2.05) is 19.9 Å². The number of hydrogen-bond donors (Lipinski definition) is 1. The number of hydrogen-bond acceptors (Lipinski definition) is 5. The number of benzene rings is 1. The van der Waals surface area contributed by atoms with Crippen LogP contribution in [0.3, 0.4) is 0 Å². The smallest absolute Gasteiger partial charge is 0.328 e. The lowest BCUT2D eigenvalue weighted by atomic mass is 9.99. The van der Waals surface area contributed by atoms with Gasteiger partial charge in [-0.25, -0.2) is 4.79 Å². The highest BCUT2D eigenvalue weighted by Gasteiger charge is 2.26. The quantitative estimate of drug-likeness (QED) is 0.774. The van der Waals surface area contributed by atoms with Crippen LogP contribution in [0.25, 0.3) is 0 Å². The van der Waals surface area contributed by atoms with E-state index in [0.29, 0.717) is 11.3 Å².